The number of fused-ring (bicyclic) bond motifs is 2. The molecule has 0 radical (unpaired) electrons. The normalized spacial score (nSPS) is 29.9. The van der Waals surface area contributed by atoms with Crippen molar-refractivity contribution >= 4 is 17.7 Å². The van der Waals surface area contributed by atoms with E-state index >= 15 is 0 Å². The first-order valence-corrected chi connectivity index (χ1v) is 8.40. The highest BCUT2D eigenvalue weighted by Gasteiger charge is 2.61. The van der Waals surface area contributed by atoms with Crippen molar-refractivity contribution < 1.29 is 14.6 Å². The Labute approximate surface area is 142 Å². The summed E-state index contributed by atoms with van der Waals surface area (Å²) in [6.45, 7) is 6.86. The molecule has 2 saturated heterocycles. The predicted octanol–water partition coefficient (Wildman–Crippen LogP) is 3.60. The molecule has 2 bridgehead atoms. The molecule has 2 heterocycles. The largest absolute Gasteiger partial charge is 0.444 e. The SMILES string of the molecule is CC(C)(C)OC(=O)N1CC2(CO)CC(c3cccc(Cl)c3)(C1)C2. The first-order valence-electron chi connectivity index (χ1n) is 8.02. The van der Waals surface area contributed by atoms with Gasteiger partial charge < -0.3 is 14.7 Å². The lowest BCUT2D eigenvalue weighted by Gasteiger charge is -2.63. The average molecular weight is 338 g/mol. The lowest BCUT2D eigenvalue weighted by molar-refractivity contribution is -0.112. The molecule has 1 aliphatic carbocycles. The zero-order valence-electron chi connectivity index (χ0n) is 13.9. The number of benzene rings is 1. The van der Waals surface area contributed by atoms with E-state index in [4.69, 9.17) is 16.3 Å². The van der Waals surface area contributed by atoms with Crippen molar-refractivity contribution in [3.8, 4) is 0 Å². The standard InChI is InChI=1S/C18H24ClNO3/c1-16(2,3)23-15(22)20-10-17(12-21)8-18(9-17,11-20)13-5-4-6-14(19)7-13/h4-7,21H,8-12H2,1-3H3. The summed E-state index contributed by atoms with van der Waals surface area (Å²) in [7, 11) is 0. The Morgan fingerprint density at radius 3 is 2.61 bits per heavy atom. The Morgan fingerprint density at radius 1 is 1.35 bits per heavy atom. The molecule has 4 rings (SSSR count). The van der Waals surface area contributed by atoms with Gasteiger partial charge in [0.25, 0.3) is 0 Å². The van der Waals surface area contributed by atoms with Crippen molar-refractivity contribution in [2.24, 2.45) is 5.41 Å². The van der Waals surface area contributed by atoms with Crippen LogP contribution >= 0.6 is 11.6 Å². The number of carbonyl (C=O) groups is 1. The van der Waals surface area contributed by atoms with Gasteiger partial charge in [-0.15, -0.1) is 0 Å². The number of ether oxygens (including phenoxy) is 1. The highest BCUT2D eigenvalue weighted by molar-refractivity contribution is 6.30. The second-order valence-corrected chi connectivity index (χ2v) is 8.58. The monoisotopic (exact) mass is 337 g/mol. The minimum Gasteiger partial charge on any atom is -0.444 e. The van der Waals surface area contributed by atoms with Crippen molar-refractivity contribution in [1.29, 1.82) is 0 Å². The van der Waals surface area contributed by atoms with Crippen molar-refractivity contribution in [3.63, 3.8) is 0 Å². The van der Waals surface area contributed by atoms with Crippen LogP contribution in [0.4, 0.5) is 4.79 Å². The highest BCUT2D eigenvalue weighted by atomic mass is 35.5. The summed E-state index contributed by atoms with van der Waals surface area (Å²) in [4.78, 5) is 14.2. The fraction of sp³-hybridized carbons (Fsp3) is 0.611. The van der Waals surface area contributed by atoms with Crippen LogP contribution in [0.25, 0.3) is 0 Å². The third-order valence-corrected chi connectivity index (χ3v) is 5.11. The van der Waals surface area contributed by atoms with Crippen LogP contribution in [0.15, 0.2) is 24.3 Å². The first kappa shape index (κ1) is 16.6. The fourth-order valence-corrected chi connectivity index (χ4v) is 4.36. The maximum atomic E-state index is 12.5. The van der Waals surface area contributed by atoms with Crippen LogP contribution in [0.1, 0.15) is 39.2 Å². The number of hydrogen-bond donors (Lipinski definition) is 1. The molecule has 1 aromatic rings. The molecule has 1 N–H and O–H groups in total. The Hall–Kier alpha value is -1.26. The maximum Gasteiger partial charge on any atom is 0.410 e. The number of amides is 1. The van der Waals surface area contributed by atoms with Gasteiger partial charge in [0, 0.05) is 28.9 Å². The molecule has 1 aromatic carbocycles. The summed E-state index contributed by atoms with van der Waals surface area (Å²) >= 11 is 6.14. The zero-order valence-corrected chi connectivity index (χ0v) is 14.7. The van der Waals surface area contributed by atoms with E-state index in [1.165, 1.54) is 0 Å². The number of carbonyl (C=O) groups excluding carboxylic acids is 1. The molecule has 0 spiro atoms. The van der Waals surface area contributed by atoms with Crippen LogP contribution in [-0.2, 0) is 10.2 Å². The minimum absolute atomic E-state index is 0.0919. The molecule has 0 atom stereocenters. The second kappa shape index (κ2) is 5.38. The van der Waals surface area contributed by atoms with Gasteiger partial charge in [0.05, 0.1) is 6.61 Å². The predicted molar refractivity (Wildman–Crippen MR) is 89.7 cm³/mol. The lowest BCUT2D eigenvalue weighted by atomic mass is 9.48. The molecular formula is C18H24ClNO3. The van der Waals surface area contributed by atoms with Gasteiger partial charge in [-0.3, -0.25) is 0 Å². The number of nitrogens with zero attached hydrogens (tertiary/aromatic N) is 1. The topological polar surface area (TPSA) is 49.8 Å². The Morgan fingerprint density at radius 2 is 2.04 bits per heavy atom. The quantitative estimate of drug-likeness (QED) is 0.897. The molecule has 3 fully saturated rings. The number of aliphatic hydroxyl groups is 1. The minimum atomic E-state index is -0.520. The summed E-state index contributed by atoms with van der Waals surface area (Å²) in [5.41, 5.74) is 0.288. The van der Waals surface area contributed by atoms with Gasteiger partial charge in [-0.25, -0.2) is 4.79 Å². The average Bonchev–Trinajstić information content (AvgIpc) is 2.44. The molecule has 1 saturated carbocycles. The molecular weight excluding hydrogens is 314 g/mol. The number of rotatable bonds is 2. The van der Waals surface area contributed by atoms with Gasteiger partial charge >= 0.3 is 6.09 Å². The van der Waals surface area contributed by atoms with Crippen LogP contribution in [0.2, 0.25) is 5.02 Å². The zero-order chi connectivity index (χ0) is 16.9. The van der Waals surface area contributed by atoms with Crippen molar-refractivity contribution in [2.75, 3.05) is 19.7 Å². The number of piperidine rings is 2. The fourth-order valence-electron chi connectivity index (χ4n) is 4.16. The number of halogens is 1. The van der Waals surface area contributed by atoms with E-state index in [1.54, 1.807) is 4.90 Å². The number of hydrogen-bond acceptors (Lipinski definition) is 3. The van der Waals surface area contributed by atoms with Crippen LogP contribution in [-0.4, -0.2) is 41.4 Å². The lowest BCUT2D eigenvalue weighted by Crippen LogP contribution is -2.67. The van der Waals surface area contributed by atoms with Crippen molar-refractivity contribution in [2.45, 2.75) is 44.6 Å². The van der Waals surface area contributed by atoms with Crippen LogP contribution in [0.5, 0.6) is 0 Å². The van der Waals surface area contributed by atoms with Gasteiger partial charge in [0.15, 0.2) is 0 Å². The van der Waals surface area contributed by atoms with Crippen molar-refractivity contribution in [3.05, 3.63) is 34.9 Å². The molecule has 0 aromatic heterocycles. The highest BCUT2D eigenvalue weighted by Crippen LogP contribution is 2.59. The Kier molecular flexibility index (Phi) is 3.88. The van der Waals surface area contributed by atoms with E-state index in [2.05, 4.69) is 6.07 Å². The van der Waals surface area contributed by atoms with Gasteiger partial charge in [0.1, 0.15) is 5.60 Å². The smallest absolute Gasteiger partial charge is 0.410 e. The molecule has 0 unspecified atom stereocenters. The summed E-state index contributed by atoms with van der Waals surface area (Å²) < 4.78 is 5.52. The van der Waals surface area contributed by atoms with E-state index in [9.17, 15) is 9.90 Å². The van der Waals surface area contributed by atoms with Gasteiger partial charge in [-0.1, -0.05) is 23.7 Å². The molecule has 5 heteroatoms. The van der Waals surface area contributed by atoms with E-state index < -0.39 is 5.60 Å². The summed E-state index contributed by atoms with van der Waals surface area (Å²) in [5.74, 6) is 0. The molecule has 126 valence electrons. The summed E-state index contributed by atoms with van der Waals surface area (Å²) in [6, 6.07) is 7.83. The molecule has 2 aliphatic heterocycles. The third kappa shape index (κ3) is 3.07. The second-order valence-electron chi connectivity index (χ2n) is 8.14. The Bertz CT molecular complexity index is 617. The molecule has 3 aliphatic rings. The number of aliphatic hydroxyl groups excluding tert-OH is 1. The van der Waals surface area contributed by atoms with E-state index in [0.29, 0.717) is 18.1 Å². The summed E-state index contributed by atoms with van der Waals surface area (Å²) in [6.07, 6.45) is 1.47. The first-order chi connectivity index (χ1) is 10.7. The van der Waals surface area contributed by atoms with E-state index in [1.807, 2.05) is 39.0 Å². The van der Waals surface area contributed by atoms with Gasteiger partial charge in [-0.2, -0.15) is 0 Å². The van der Waals surface area contributed by atoms with Crippen molar-refractivity contribution in [1.82, 2.24) is 4.90 Å². The van der Waals surface area contributed by atoms with Crippen LogP contribution < -0.4 is 0 Å². The molecule has 23 heavy (non-hydrogen) atoms. The molecule has 4 nitrogen and oxygen atoms in total. The Balaban J connectivity index is 1.85. The maximum absolute atomic E-state index is 12.5. The van der Waals surface area contributed by atoms with E-state index in [-0.39, 0.29) is 23.5 Å². The van der Waals surface area contributed by atoms with E-state index in [0.717, 1.165) is 18.4 Å². The summed E-state index contributed by atoms with van der Waals surface area (Å²) in [5, 5.41) is 10.5. The van der Waals surface area contributed by atoms with Gasteiger partial charge in [0.2, 0.25) is 0 Å². The van der Waals surface area contributed by atoms with Crippen LogP contribution in [0, 0.1) is 5.41 Å². The van der Waals surface area contributed by atoms with Gasteiger partial charge in [-0.05, 0) is 51.3 Å². The molecule has 1 amide bonds. The third-order valence-electron chi connectivity index (χ3n) is 4.87. The van der Waals surface area contributed by atoms with Crippen LogP contribution in [0.3, 0.4) is 0 Å².